The number of hydrogen-bond donors (Lipinski definition) is 1. The van der Waals surface area contributed by atoms with Gasteiger partial charge in [0.1, 0.15) is 28.5 Å². The zero-order chi connectivity index (χ0) is 24.0. The summed E-state index contributed by atoms with van der Waals surface area (Å²) in [6.07, 6.45) is 1.26. The first kappa shape index (κ1) is 24.6. The van der Waals surface area contributed by atoms with Gasteiger partial charge >= 0.3 is 11.9 Å². The lowest BCUT2D eigenvalue weighted by Gasteiger charge is -2.17. The molecule has 1 aromatic carbocycles. The van der Waals surface area contributed by atoms with E-state index in [-0.39, 0.29) is 18.0 Å². The van der Waals surface area contributed by atoms with E-state index in [0.717, 1.165) is 36.3 Å². The van der Waals surface area contributed by atoms with Crippen LogP contribution in [0.2, 0.25) is 0 Å². The Kier molecular flexibility index (Phi) is 8.35. The molecule has 2 aromatic heterocycles. The summed E-state index contributed by atoms with van der Waals surface area (Å²) in [5.41, 5.74) is 2.02. The summed E-state index contributed by atoms with van der Waals surface area (Å²) in [5, 5.41) is 4.04. The molecule has 0 saturated carbocycles. The number of nitrogens with zero attached hydrogens (tertiary/aromatic N) is 3. The van der Waals surface area contributed by atoms with Gasteiger partial charge in [0.05, 0.1) is 17.1 Å². The number of benzene rings is 1. The average molecular weight is 471 g/mol. The number of aromatic nitrogens is 2. The predicted octanol–water partition coefficient (Wildman–Crippen LogP) is 4.81. The molecule has 0 atom stereocenters. The lowest BCUT2D eigenvalue weighted by atomic mass is 10.2. The van der Waals surface area contributed by atoms with E-state index < -0.39 is 0 Å². The fourth-order valence-electron chi connectivity index (χ4n) is 3.35. The molecule has 0 bridgehead atoms. The molecule has 0 spiro atoms. The van der Waals surface area contributed by atoms with Crippen LogP contribution in [0.3, 0.4) is 0 Å². The highest BCUT2D eigenvalue weighted by Gasteiger charge is 2.21. The lowest BCUT2D eigenvalue weighted by Crippen LogP contribution is -2.27. The van der Waals surface area contributed by atoms with Gasteiger partial charge < -0.3 is 19.7 Å². The molecule has 0 amide bonds. The molecule has 2 heterocycles. The van der Waals surface area contributed by atoms with E-state index in [1.807, 2.05) is 20.8 Å². The molecule has 176 valence electrons. The van der Waals surface area contributed by atoms with Crippen molar-refractivity contribution in [2.45, 2.75) is 40.7 Å². The van der Waals surface area contributed by atoms with Crippen molar-refractivity contribution in [1.29, 1.82) is 0 Å². The third kappa shape index (κ3) is 6.06. The molecule has 0 unspecified atom stereocenters. The largest absolute Gasteiger partial charge is 0.461 e. The highest BCUT2D eigenvalue weighted by atomic mass is 32.1. The third-order valence-corrected chi connectivity index (χ3v) is 6.35. The smallest absolute Gasteiger partial charge is 0.348 e. The van der Waals surface area contributed by atoms with E-state index in [1.165, 1.54) is 17.7 Å². The SMILES string of the molecule is CCN(CC)CCOC(=O)c1ccc(Nc2ncnc3sc(C(=O)OC(C)C)c(C)c23)cc1. The highest BCUT2D eigenvalue weighted by molar-refractivity contribution is 7.20. The Bertz CT molecular complexity index is 1110. The summed E-state index contributed by atoms with van der Waals surface area (Å²) in [4.78, 5) is 36.8. The molecule has 3 aromatic rings. The van der Waals surface area contributed by atoms with Crippen LogP contribution in [0.1, 0.15) is 53.3 Å². The fraction of sp³-hybridized carbons (Fsp3) is 0.417. The summed E-state index contributed by atoms with van der Waals surface area (Å²) in [6, 6.07) is 7.02. The quantitative estimate of drug-likeness (QED) is 0.422. The molecular weight excluding hydrogens is 440 g/mol. The van der Waals surface area contributed by atoms with Crippen molar-refractivity contribution in [3.05, 3.63) is 46.6 Å². The molecule has 0 aliphatic rings. The molecule has 0 fully saturated rings. The van der Waals surface area contributed by atoms with Crippen molar-refractivity contribution >= 4 is 45.0 Å². The van der Waals surface area contributed by atoms with Gasteiger partial charge in [-0.3, -0.25) is 0 Å². The monoisotopic (exact) mass is 470 g/mol. The van der Waals surface area contributed by atoms with E-state index in [0.29, 0.717) is 27.7 Å². The Hall–Kier alpha value is -3.04. The Morgan fingerprint density at radius 3 is 2.42 bits per heavy atom. The van der Waals surface area contributed by atoms with Crippen molar-refractivity contribution in [3.63, 3.8) is 0 Å². The Balaban J connectivity index is 1.72. The number of carbonyl (C=O) groups excluding carboxylic acids is 2. The molecule has 0 aliphatic carbocycles. The maximum atomic E-state index is 12.4. The van der Waals surface area contributed by atoms with Crippen LogP contribution in [0.15, 0.2) is 30.6 Å². The molecule has 9 heteroatoms. The zero-order valence-electron chi connectivity index (χ0n) is 19.7. The van der Waals surface area contributed by atoms with Crippen LogP contribution in [0.4, 0.5) is 11.5 Å². The molecule has 0 saturated heterocycles. The molecule has 0 aliphatic heterocycles. The first-order valence-electron chi connectivity index (χ1n) is 11.1. The van der Waals surface area contributed by atoms with Gasteiger partial charge in [-0.15, -0.1) is 11.3 Å². The number of thiophene rings is 1. The van der Waals surface area contributed by atoms with Gasteiger partial charge in [0.2, 0.25) is 0 Å². The minimum Gasteiger partial charge on any atom is -0.461 e. The maximum absolute atomic E-state index is 12.4. The molecule has 1 N–H and O–H groups in total. The first-order chi connectivity index (χ1) is 15.8. The number of anilines is 2. The average Bonchev–Trinajstić information content (AvgIpc) is 3.14. The van der Waals surface area contributed by atoms with Crippen LogP contribution in [-0.2, 0) is 9.47 Å². The minimum atomic E-state index is -0.361. The number of fused-ring (bicyclic) bond motifs is 1. The first-order valence-corrected chi connectivity index (χ1v) is 11.9. The number of likely N-dealkylation sites (N-methyl/N-ethyl adjacent to an activating group) is 1. The minimum absolute atomic E-state index is 0.201. The Morgan fingerprint density at radius 1 is 1.09 bits per heavy atom. The van der Waals surface area contributed by atoms with Crippen LogP contribution in [0, 0.1) is 6.92 Å². The van der Waals surface area contributed by atoms with Gasteiger partial charge in [0.25, 0.3) is 0 Å². The molecular formula is C24H30N4O4S. The Morgan fingerprint density at radius 2 is 1.79 bits per heavy atom. The van der Waals surface area contributed by atoms with Gasteiger partial charge in [-0.1, -0.05) is 13.8 Å². The van der Waals surface area contributed by atoms with Gasteiger partial charge in [-0.05, 0) is 63.7 Å². The van der Waals surface area contributed by atoms with E-state index in [1.54, 1.807) is 24.3 Å². The van der Waals surface area contributed by atoms with Crippen molar-refractivity contribution in [2.75, 3.05) is 31.6 Å². The van der Waals surface area contributed by atoms with E-state index >= 15 is 0 Å². The summed E-state index contributed by atoms with van der Waals surface area (Å²) in [6.45, 7) is 12.6. The van der Waals surface area contributed by atoms with E-state index in [4.69, 9.17) is 9.47 Å². The maximum Gasteiger partial charge on any atom is 0.348 e. The summed E-state index contributed by atoms with van der Waals surface area (Å²) in [5.74, 6) is -0.118. The number of carbonyl (C=O) groups is 2. The van der Waals surface area contributed by atoms with Crippen LogP contribution in [0.25, 0.3) is 10.2 Å². The number of nitrogens with one attached hydrogen (secondary N) is 1. The van der Waals surface area contributed by atoms with Crippen molar-refractivity contribution in [2.24, 2.45) is 0 Å². The van der Waals surface area contributed by atoms with Crippen LogP contribution in [-0.4, -0.2) is 59.2 Å². The number of esters is 2. The predicted molar refractivity (Wildman–Crippen MR) is 130 cm³/mol. The van der Waals surface area contributed by atoms with Crippen molar-refractivity contribution in [3.8, 4) is 0 Å². The normalized spacial score (nSPS) is 11.2. The van der Waals surface area contributed by atoms with Gasteiger partial charge in [0, 0.05) is 12.2 Å². The second kappa shape index (κ2) is 11.2. The number of aryl methyl sites for hydroxylation is 1. The van der Waals surface area contributed by atoms with Gasteiger partial charge in [-0.25, -0.2) is 19.6 Å². The molecule has 0 radical (unpaired) electrons. The van der Waals surface area contributed by atoms with E-state index in [9.17, 15) is 9.59 Å². The standard InChI is InChI=1S/C24H30N4O4S/c1-6-28(7-2)12-13-31-23(29)17-8-10-18(11-9-17)27-21-19-16(5)20(24(30)32-15(3)4)33-22(19)26-14-25-21/h8-11,14-15H,6-7,12-13H2,1-5H3,(H,25,26,27). The van der Waals surface area contributed by atoms with Crippen molar-refractivity contribution < 1.29 is 19.1 Å². The fourth-order valence-corrected chi connectivity index (χ4v) is 4.38. The third-order valence-electron chi connectivity index (χ3n) is 5.17. The molecule has 33 heavy (non-hydrogen) atoms. The van der Waals surface area contributed by atoms with Gasteiger partial charge in [-0.2, -0.15) is 0 Å². The second-order valence-electron chi connectivity index (χ2n) is 7.78. The summed E-state index contributed by atoms with van der Waals surface area (Å²) in [7, 11) is 0. The second-order valence-corrected chi connectivity index (χ2v) is 8.78. The van der Waals surface area contributed by atoms with Crippen LogP contribution >= 0.6 is 11.3 Å². The zero-order valence-corrected chi connectivity index (χ0v) is 20.5. The summed E-state index contributed by atoms with van der Waals surface area (Å²) < 4.78 is 10.7. The van der Waals surface area contributed by atoms with Crippen LogP contribution in [0.5, 0.6) is 0 Å². The van der Waals surface area contributed by atoms with Gasteiger partial charge in [0.15, 0.2) is 0 Å². The molecule has 3 rings (SSSR count). The van der Waals surface area contributed by atoms with Crippen LogP contribution < -0.4 is 5.32 Å². The highest BCUT2D eigenvalue weighted by Crippen LogP contribution is 2.35. The van der Waals surface area contributed by atoms with E-state index in [2.05, 4.69) is 34.0 Å². The molecule has 8 nitrogen and oxygen atoms in total. The number of rotatable bonds is 10. The Labute approximate surface area is 197 Å². The number of ether oxygens (including phenoxy) is 2. The summed E-state index contributed by atoms with van der Waals surface area (Å²) >= 11 is 1.29. The van der Waals surface area contributed by atoms with Crippen molar-refractivity contribution in [1.82, 2.24) is 14.9 Å². The number of hydrogen-bond acceptors (Lipinski definition) is 9. The lowest BCUT2D eigenvalue weighted by molar-refractivity contribution is 0.0382. The topological polar surface area (TPSA) is 93.6 Å².